The number of halogens is 1. The lowest BCUT2D eigenvalue weighted by molar-refractivity contribution is 0.0782. The van der Waals surface area contributed by atoms with Crippen molar-refractivity contribution in [3.63, 3.8) is 0 Å². The molecule has 1 unspecified atom stereocenters. The Morgan fingerprint density at radius 1 is 1.43 bits per heavy atom. The van der Waals surface area contributed by atoms with E-state index >= 15 is 0 Å². The van der Waals surface area contributed by atoms with Crippen LogP contribution in [-0.4, -0.2) is 40.6 Å². The minimum atomic E-state index is -0.0151. The lowest BCUT2D eigenvalue weighted by Gasteiger charge is -2.14. The van der Waals surface area contributed by atoms with Gasteiger partial charge in [-0.15, -0.1) is 0 Å². The lowest BCUT2D eigenvalue weighted by atomic mass is 10.1. The van der Waals surface area contributed by atoms with Gasteiger partial charge in [0, 0.05) is 23.7 Å². The van der Waals surface area contributed by atoms with E-state index in [0.717, 1.165) is 30.8 Å². The molecule has 1 aromatic heterocycles. The van der Waals surface area contributed by atoms with Crippen molar-refractivity contribution in [1.82, 2.24) is 15.1 Å². The van der Waals surface area contributed by atoms with E-state index in [1.807, 2.05) is 17.0 Å². The zero-order valence-corrected chi connectivity index (χ0v) is 12.3. The van der Waals surface area contributed by atoms with Crippen LogP contribution in [0.2, 0.25) is 5.02 Å². The molecule has 1 aromatic carbocycles. The Bertz CT molecular complexity index is 637. The van der Waals surface area contributed by atoms with Gasteiger partial charge in [0.25, 0.3) is 5.91 Å². The van der Waals surface area contributed by atoms with E-state index < -0.39 is 0 Å². The molecule has 3 N–H and O–H groups in total. The number of benzene rings is 1. The normalized spacial score (nSPS) is 18.2. The molecule has 0 bridgehead atoms. The predicted molar refractivity (Wildman–Crippen MR) is 82.1 cm³/mol. The fourth-order valence-electron chi connectivity index (χ4n) is 2.58. The molecule has 0 radical (unpaired) electrons. The van der Waals surface area contributed by atoms with E-state index in [9.17, 15) is 4.79 Å². The summed E-state index contributed by atoms with van der Waals surface area (Å²) in [6.45, 7) is 2.11. The minimum absolute atomic E-state index is 0.0151. The number of hydrogen-bond acceptors (Lipinski definition) is 3. The number of nitrogens with zero attached hydrogens (tertiary/aromatic N) is 2. The van der Waals surface area contributed by atoms with Crippen LogP contribution in [0.15, 0.2) is 30.3 Å². The topological polar surface area (TPSA) is 75.0 Å². The van der Waals surface area contributed by atoms with Crippen molar-refractivity contribution < 1.29 is 4.79 Å². The maximum Gasteiger partial charge on any atom is 0.271 e. The summed E-state index contributed by atoms with van der Waals surface area (Å²) in [5.74, 6) is 0.395. The molecule has 21 heavy (non-hydrogen) atoms. The smallest absolute Gasteiger partial charge is 0.271 e. The van der Waals surface area contributed by atoms with Crippen LogP contribution in [0.1, 0.15) is 16.9 Å². The van der Waals surface area contributed by atoms with Crippen molar-refractivity contribution in [2.24, 2.45) is 11.7 Å². The molecule has 1 atom stereocenters. The van der Waals surface area contributed by atoms with Gasteiger partial charge in [0.05, 0.1) is 5.69 Å². The molecule has 0 spiro atoms. The summed E-state index contributed by atoms with van der Waals surface area (Å²) in [7, 11) is 0. The first-order valence-corrected chi connectivity index (χ1v) is 7.36. The molecule has 3 rings (SSSR count). The average Bonchev–Trinajstić information content (AvgIpc) is 3.16. The van der Waals surface area contributed by atoms with Gasteiger partial charge in [0.15, 0.2) is 0 Å². The highest BCUT2D eigenvalue weighted by molar-refractivity contribution is 6.30. The molecular weight excluding hydrogens is 288 g/mol. The van der Waals surface area contributed by atoms with Crippen molar-refractivity contribution in [2.45, 2.75) is 6.42 Å². The number of carbonyl (C=O) groups is 1. The molecule has 2 heterocycles. The number of aromatic amines is 1. The van der Waals surface area contributed by atoms with Gasteiger partial charge in [-0.1, -0.05) is 23.7 Å². The Morgan fingerprint density at radius 3 is 2.86 bits per heavy atom. The van der Waals surface area contributed by atoms with E-state index in [1.165, 1.54) is 0 Å². The number of amides is 1. The van der Waals surface area contributed by atoms with Crippen LogP contribution in [0.25, 0.3) is 11.3 Å². The molecular formula is C15H17ClN4O. The second-order valence-electron chi connectivity index (χ2n) is 5.32. The molecule has 0 saturated carbocycles. The largest absolute Gasteiger partial charge is 0.337 e. The van der Waals surface area contributed by atoms with Crippen LogP contribution in [0.4, 0.5) is 0 Å². The van der Waals surface area contributed by atoms with Crippen molar-refractivity contribution >= 4 is 17.5 Å². The fourth-order valence-corrected chi connectivity index (χ4v) is 2.71. The Labute approximate surface area is 128 Å². The maximum atomic E-state index is 12.4. The second kappa shape index (κ2) is 5.87. The summed E-state index contributed by atoms with van der Waals surface area (Å²) in [6, 6.07) is 9.15. The molecule has 6 heteroatoms. The molecule has 1 saturated heterocycles. The highest BCUT2D eigenvalue weighted by Crippen LogP contribution is 2.22. The summed E-state index contributed by atoms with van der Waals surface area (Å²) in [6.07, 6.45) is 0.973. The van der Waals surface area contributed by atoms with Crippen LogP contribution in [-0.2, 0) is 0 Å². The molecule has 1 aliphatic rings. The van der Waals surface area contributed by atoms with E-state index in [-0.39, 0.29) is 5.91 Å². The monoisotopic (exact) mass is 304 g/mol. The second-order valence-corrected chi connectivity index (χ2v) is 5.75. The summed E-state index contributed by atoms with van der Waals surface area (Å²) in [5.41, 5.74) is 7.84. The van der Waals surface area contributed by atoms with Crippen LogP contribution in [0.5, 0.6) is 0 Å². The first-order valence-electron chi connectivity index (χ1n) is 6.98. The fraction of sp³-hybridized carbons (Fsp3) is 0.333. The van der Waals surface area contributed by atoms with Crippen LogP contribution < -0.4 is 5.73 Å². The van der Waals surface area contributed by atoms with Crippen LogP contribution in [0, 0.1) is 5.92 Å². The van der Waals surface area contributed by atoms with E-state index in [0.29, 0.717) is 23.2 Å². The zero-order valence-electron chi connectivity index (χ0n) is 11.6. The third kappa shape index (κ3) is 2.94. The zero-order chi connectivity index (χ0) is 14.8. The predicted octanol–water partition coefficient (Wildman–Crippen LogP) is 2.15. The van der Waals surface area contributed by atoms with Gasteiger partial charge in [0.1, 0.15) is 5.69 Å². The standard InChI is InChI=1S/C15H17ClN4O/c16-12-3-1-11(2-4-12)13-7-14(19-18-13)15(21)20-6-5-10(8-17)9-20/h1-4,7,10H,5-6,8-9,17H2,(H,18,19). The number of aromatic nitrogens is 2. The van der Waals surface area contributed by atoms with Crippen molar-refractivity contribution in [1.29, 1.82) is 0 Å². The number of carbonyl (C=O) groups excluding carboxylic acids is 1. The van der Waals surface area contributed by atoms with E-state index in [1.54, 1.807) is 18.2 Å². The van der Waals surface area contributed by atoms with Gasteiger partial charge in [-0.3, -0.25) is 9.89 Å². The Kier molecular flexibility index (Phi) is 3.94. The van der Waals surface area contributed by atoms with Crippen molar-refractivity contribution in [2.75, 3.05) is 19.6 Å². The first kappa shape index (κ1) is 14.1. The Hall–Kier alpha value is -1.85. The average molecular weight is 305 g/mol. The number of hydrogen-bond donors (Lipinski definition) is 2. The lowest BCUT2D eigenvalue weighted by Crippen LogP contribution is -2.30. The number of likely N-dealkylation sites (tertiary alicyclic amines) is 1. The quantitative estimate of drug-likeness (QED) is 0.912. The van der Waals surface area contributed by atoms with Gasteiger partial charge in [-0.05, 0) is 37.1 Å². The summed E-state index contributed by atoms with van der Waals surface area (Å²) in [4.78, 5) is 14.2. The molecule has 1 fully saturated rings. The molecule has 1 amide bonds. The molecule has 2 aromatic rings. The third-order valence-corrected chi connectivity index (χ3v) is 4.11. The highest BCUT2D eigenvalue weighted by Gasteiger charge is 2.27. The van der Waals surface area contributed by atoms with Gasteiger partial charge >= 0.3 is 0 Å². The molecule has 0 aliphatic carbocycles. The minimum Gasteiger partial charge on any atom is -0.337 e. The summed E-state index contributed by atoms with van der Waals surface area (Å²) < 4.78 is 0. The van der Waals surface area contributed by atoms with Gasteiger partial charge in [0.2, 0.25) is 0 Å². The molecule has 110 valence electrons. The van der Waals surface area contributed by atoms with Crippen LogP contribution in [0.3, 0.4) is 0 Å². The Balaban J connectivity index is 1.75. The number of H-pyrrole nitrogens is 1. The maximum absolute atomic E-state index is 12.4. The molecule has 5 nitrogen and oxygen atoms in total. The van der Waals surface area contributed by atoms with Crippen molar-refractivity contribution in [3.8, 4) is 11.3 Å². The summed E-state index contributed by atoms with van der Waals surface area (Å²) in [5, 5.41) is 7.71. The van der Waals surface area contributed by atoms with Crippen molar-refractivity contribution in [3.05, 3.63) is 41.0 Å². The number of nitrogens with one attached hydrogen (secondary N) is 1. The third-order valence-electron chi connectivity index (χ3n) is 3.85. The first-order chi connectivity index (χ1) is 10.2. The molecule has 1 aliphatic heterocycles. The number of nitrogens with two attached hydrogens (primary N) is 1. The SMILES string of the molecule is NCC1CCN(C(=O)c2cc(-c3ccc(Cl)cc3)n[nH]2)C1. The highest BCUT2D eigenvalue weighted by atomic mass is 35.5. The Morgan fingerprint density at radius 2 is 2.19 bits per heavy atom. The van der Waals surface area contributed by atoms with E-state index in [4.69, 9.17) is 17.3 Å². The van der Waals surface area contributed by atoms with Gasteiger partial charge < -0.3 is 10.6 Å². The van der Waals surface area contributed by atoms with Gasteiger partial charge in [-0.2, -0.15) is 5.10 Å². The van der Waals surface area contributed by atoms with Gasteiger partial charge in [-0.25, -0.2) is 0 Å². The van der Waals surface area contributed by atoms with Crippen LogP contribution >= 0.6 is 11.6 Å². The van der Waals surface area contributed by atoms with E-state index in [2.05, 4.69) is 10.2 Å². The number of rotatable bonds is 3. The summed E-state index contributed by atoms with van der Waals surface area (Å²) >= 11 is 5.87.